The van der Waals surface area contributed by atoms with Crippen LogP contribution in [0.15, 0.2) is 60.7 Å². The summed E-state index contributed by atoms with van der Waals surface area (Å²) in [6.45, 7) is -0.432. The minimum absolute atomic E-state index is 0.279. The molecular weight excluding hydrogens is 312 g/mol. The van der Waals surface area contributed by atoms with Crippen molar-refractivity contribution in [3.63, 3.8) is 0 Å². The number of methoxy groups -OCH3 is 1. The number of carbonyl (C=O) groups is 3. The van der Waals surface area contributed by atoms with Crippen LogP contribution in [0.4, 0.5) is 0 Å². The van der Waals surface area contributed by atoms with Gasteiger partial charge in [-0.05, 0) is 24.3 Å². The predicted octanol–water partition coefficient (Wildman–Crippen LogP) is 2.24. The second-order valence-corrected chi connectivity index (χ2v) is 4.75. The fourth-order valence-corrected chi connectivity index (χ4v) is 1.86. The first-order chi connectivity index (χ1) is 11.6. The SMILES string of the molecule is COC(=O)[C@@H](COC(=O)c1ccccc1)OC(=O)c1ccccc1. The second-order valence-electron chi connectivity index (χ2n) is 4.75. The Morgan fingerprint density at radius 2 is 1.33 bits per heavy atom. The third kappa shape index (κ3) is 4.67. The molecule has 24 heavy (non-hydrogen) atoms. The van der Waals surface area contributed by atoms with Crippen LogP contribution >= 0.6 is 0 Å². The van der Waals surface area contributed by atoms with Crippen molar-refractivity contribution in [2.45, 2.75) is 6.10 Å². The third-order valence-electron chi connectivity index (χ3n) is 3.10. The number of hydrogen-bond donors (Lipinski definition) is 0. The summed E-state index contributed by atoms with van der Waals surface area (Å²) in [7, 11) is 1.16. The van der Waals surface area contributed by atoms with Gasteiger partial charge in [-0.25, -0.2) is 14.4 Å². The summed E-state index contributed by atoms with van der Waals surface area (Å²) < 4.78 is 14.7. The van der Waals surface area contributed by atoms with Gasteiger partial charge in [-0.1, -0.05) is 36.4 Å². The fraction of sp³-hybridized carbons (Fsp3) is 0.167. The normalized spacial score (nSPS) is 11.2. The smallest absolute Gasteiger partial charge is 0.350 e. The van der Waals surface area contributed by atoms with Crippen molar-refractivity contribution in [2.75, 3.05) is 13.7 Å². The van der Waals surface area contributed by atoms with E-state index in [-0.39, 0.29) is 5.56 Å². The fourth-order valence-electron chi connectivity index (χ4n) is 1.86. The van der Waals surface area contributed by atoms with Crippen molar-refractivity contribution in [1.82, 2.24) is 0 Å². The zero-order valence-electron chi connectivity index (χ0n) is 13.0. The molecule has 2 aromatic carbocycles. The first-order valence-electron chi connectivity index (χ1n) is 7.18. The summed E-state index contributed by atoms with van der Waals surface area (Å²) >= 11 is 0. The van der Waals surface area contributed by atoms with Gasteiger partial charge in [0.05, 0.1) is 18.2 Å². The highest BCUT2D eigenvalue weighted by Crippen LogP contribution is 2.08. The van der Waals surface area contributed by atoms with Gasteiger partial charge in [-0.15, -0.1) is 0 Å². The highest BCUT2D eigenvalue weighted by Gasteiger charge is 2.26. The van der Waals surface area contributed by atoms with E-state index >= 15 is 0 Å². The standard InChI is InChI=1S/C18H16O6/c1-22-18(21)15(24-17(20)14-10-6-3-7-11-14)12-23-16(19)13-8-4-2-5-9-13/h2-11,15H,12H2,1H3/t15-/m1/s1. The van der Waals surface area contributed by atoms with Crippen LogP contribution in [0.25, 0.3) is 0 Å². The Bertz CT molecular complexity index is 696. The Balaban J connectivity index is 2.00. The maximum absolute atomic E-state index is 12.0. The van der Waals surface area contributed by atoms with Gasteiger partial charge in [0.2, 0.25) is 6.10 Å². The summed E-state index contributed by atoms with van der Waals surface area (Å²) in [6, 6.07) is 16.5. The molecule has 0 aromatic heterocycles. The lowest BCUT2D eigenvalue weighted by Crippen LogP contribution is -2.33. The average Bonchev–Trinajstić information content (AvgIpc) is 2.65. The van der Waals surface area contributed by atoms with E-state index in [2.05, 4.69) is 4.74 Å². The number of esters is 3. The number of benzene rings is 2. The summed E-state index contributed by atoms with van der Waals surface area (Å²) in [4.78, 5) is 35.7. The molecule has 0 saturated carbocycles. The highest BCUT2D eigenvalue weighted by molar-refractivity contribution is 5.92. The van der Waals surface area contributed by atoms with E-state index in [1.165, 1.54) is 0 Å². The molecule has 2 rings (SSSR count). The quantitative estimate of drug-likeness (QED) is 0.598. The van der Waals surface area contributed by atoms with Crippen molar-refractivity contribution >= 4 is 17.9 Å². The number of ether oxygens (including phenoxy) is 3. The Hall–Kier alpha value is -3.15. The summed E-state index contributed by atoms with van der Waals surface area (Å²) in [5.41, 5.74) is 0.608. The number of hydrogen-bond acceptors (Lipinski definition) is 6. The molecule has 0 radical (unpaired) electrons. The molecule has 2 aromatic rings. The molecule has 6 heteroatoms. The van der Waals surface area contributed by atoms with E-state index < -0.39 is 30.6 Å². The largest absolute Gasteiger partial charge is 0.466 e. The van der Waals surface area contributed by atoms with Crippen molar-refractivity contribution in [2.24, 2.45) is 0 Å². The van der Waals surface area contributed by atoms with Gasteiger partial charge in [-0.2, -0.15) is 0 Å². The molecule has 0 heterocycles. The minimum Gasteiger partial charge on any atom is -0.466 e. The molecule has 0 spiro atoms. The van der Waals surface area contributed by atoms with Crippen LogP contribution in [0.5, 0.6) is 0 Å². The summed E-state index contributed by atoms with van der Waals surface area (Å²) in [6.07, 6.45) is -1.34. The van der Waals surface area contributed by atoms with Crippen LogP contribution in [0.2, 0.25) is 0 Å². The maximum atomic E-state index is 12.0. The van der Waals surface area contributed by atoms with Gasteiger partial charge in [0, 0.05) is 0 Å². The van der Waals surface area contributed by atoms with Gasteiger partial charge in [0.1, 0.15) is 6.61 Å². The summed E-state index contributed by atoms with van der Waals surface area (Å²) in [5.74, 6) is -2.14. The van der Waals surface area contributed by atoms with Gasteiger partial charge in [0.25, 0.3) is 0 Å². The topological polar surface area (TPSA) is 78.9 Å². The zero-order valence-corrected chi connectivity index (χ0v) is 13.0. The molecule has 0 aliphatic rings. The molecule has 0 fully saturated rings. The third-order valence-corrected chi connectivity index (χ3v) is 3.10. The lowest BCUT2D eigenvalue weighted by atomic mass is 10.2. The van der Waals surface area contributed by atoms with Gasteiger partial charge >= 0.3 is 17.9 Å². The lowest BCUT2D eigenvalue weighted by molar-refractivity contribution is -0.153. The second kappa shape index (κ2) is 8.47. The van der Waals surface area contributed by atoms with Crippen LogP contribution in [0, 0.1) is 0 Å². The maximum Gasteiger partial charge on any atom is 0.350 e. The average molecular weight is 328 g/mol. The molecular formula is C18H16O6. The first-order valence-corrected chi connectivity index (χ1v) is 7.18. The van der Waals surface area contributed by atoms with E-state index in [0.717, 1.165) is 7.11 Å². The Morgan fingerprint density at radius 3 is 1.83 bits per heavy atom. The van der Waals surface area contributed by atoms with Crippen molar-refractivity contribution in [1.29, 1.82) is 0 Å². The van der Waals surface area contributed by atoms with Gasteiger partial charge < -0.3 is 14.2 Å². The lowest BCUT2D eigenvalue weighted by Gasteiger charge is -2.16. The molecule has 124 valence electrons. The molecule has 0 saturated heterocycles. The molecule has 0 unspecified atom stereocenters. The monoisotopic (exact) mass is 328 g/mol. The summed E-state index contributed by atoms with van der Waals surface area (Å²) in [5, 5.41) is 0. The number of rotatable bonds is 6. The first kappa shape index (κ1) is 17.2. The van der Waals surface area contributed by atoms with Crippen molar-refractivity contribution in [3.8, 4) is 0 Å². The van der Waals surface area contributed by atoms with Crippen LogP contribution in [0.1, 0.15) is 20.7 Å². The molecule has 0 aliphatic carbocycles. The zero-order chi connectivity index (χ0) is 17.4. The van der Waals surface area contributed by atoms with Crippen molar-refractivity contribution in [3.05, 3.63) is 71.8 Å². The number of carbonyl (C=O) groups excluding carboxylic acids is 3. The molecule has 0 aliphatic heterocycles. The van der Waals surface area contributed by atoms with Crippen LogP contribution in [-0.4, -0.2) is 37.7 Å². The minimum atomic E-state index is -1.34. The van der Waals surface area contributed by atoms with Gasteiger partial charge in [0.15, 0.2) is 0 Å². The Labute approximate surface area is 139 Å². The highest BCUT2D eigenvalue weighted by atomic mass is 16.6. The van der Waals surface area contributed by atoms with Crippen LogP contribution < -0.4 is 0 Å². The molecule has 1 atom stereocenters. The van der Waals surface area contributed by atoms with Crippen LogP contribution in [0.3, 0.4) is 0 Å². The van der Waals surface area contributed by atoms with E-state index in [1.54, 1.807) is 60.7 Å². The van der Waals surface area contributed by atoms with Crippen LogP contribution in [-0.2, 0) is 19.0 Å². The molecule has 0 amide bonds. The van der Waals surface area contributed by atoms with E-state index in [4.69, 9.17) is 9.47 Å². The predicted molar refractivity (Wildman–Crippen MR) is 84.4 cm³/mol. The molecule has 6 nitrogen and oxygen atoms in total. The van der Waals surface area contributed by atoms with Crippen molar-refractivity contribution < 1.29 is 28.6 Å². The molecule has 0 N–H and O–H groups in total. The Morgan fingerprint density at radius 1 is 0.833 bits per heavy atom. The van der Waals surface area contributed by atoms with Gasteiger partial charge in [-0.3, -0.25) is 0 Å². The Kier molecular flexibility index (Phi) is 6.08. The van der Waals surface area contributed by atoms with E-state index in [1.807, 2.05) is 0 Å². The molecule has 0 bridgehead atoms. The van der Waals surface area contributed by atoms with E-state index in [9.17, 15) is 14.4 Å². The van der Waals surface area contributed by atoms with E-state index in [0.29, 0.717) is 5.56 Å².